The molecule has 0 saturated heterocycles. The Morgan fingerprint density at radius 2 is 2.12 bits per heavy atom. The quantitative estimate of drug-likeness (QED) is 0.844. The van der Waals surface area contributed by atoms with Crippen LogP contribution in [0.5, 0.6) is 0 Å². The van der Waals surface area contributed by atoms with E-state index < -0.39 is 0 Å². The minimum atomic E-state index is 0.815. The Hall–Kier alpha value is -1.55. The predicted octanol–water partition coefficient (Wildman–Crippen LogP) is 3.06. The average Bonchev–Trinajstić information content (AvgIpc) is 2.73. The van der Waals surface area contributed by atoms with Crippen molar-refractivity contribution in [2.75, 3.05) is 17.2 Å². The van der Waals surface area contributed by atoms with Gasteiger partial charge in [0, 0.05) is 11.9 Å². The van der Waals surface area contributed by atoms with Gasteiger partial charge in [0.1, 0.15) is 0 Å². The fourth-order valence-electron chi connectivity index (χ4n) is 1.82. The first-order chi connectivity index (χ1) is 8.20. The normalized spacial score (nSPS) is 10.5. The second kappa shape index (κ2) is 5.19. The minimum Gasteiger partial charge on any atom is -0.397 e. The molecule has 0 radical (unpaired) electrons. The van der Waals surface area contributed by atoms with E-state index >= 15 is 0 Å². The minimum absolute atomic E-state index is 0.815. The largest absolute Gasteiger partial charge is 0.397 e. The van der Waals surface area contributed by atoms with Crippen molar-refractivity contribution in [1.82, 2.24) is 4.98 Å². The predicted molar refractivity (Wildman–Crippen MR) is 74.4 cm³/mol. The van der Waals surface area contributed by atoms with Crippen LogP contribution in [0.3, 0.4) is 0 Å². The number of hydrogen-bond donors (Lipinski definition) is 1. The molecule has 17 heavy (non-hydrogen) atoms. The molecule has 2 aromatic rings. The molecule has 1 aromatic carbocycles. The lowest BCUT2D eigenvalue weighted by atomic mass is 10.2. The maximum absolute atomic E-state index is 6.00. The fourth-order valence-corrected chi connectivity index (χ4v) is 2.42. The summed E-state index contributed by atoms with van der Waals surface area (Å²) >= 11 is 1.69. The van der Waals surface area contributed by atoms with Crippen molar-refractivity contribution in [3.05, 3.63) is 40.3 Å². The summed E-state index contributed by atoms with van der Waals surface area (Å²) in [7, 11) is 0. The van der Waals surface area contributed by atoms with E-state index in [-0.39, 0.29) is 0 Å². The van der Waals surface area contributed by atoms with Crippen LogP contribution in [0, 0.1) is 6.92 Å². The molecule has 0 aliphatic carbocycles. The Labute approximate surface area is 106 Å². The molecule has 0 spiro atoms. The van der Waals surface area contributed by atoms with Gasteiger partial charge in [-0.2, -0.15) is 0 Å². The van der Waals surface area contributed by atoms with Gasteiger partial charge in [-0.3, -0.25) is 0 Å². The molecular weight excluding hydrogens is 230 g/mol. The summed E-state index contributed by atoms with van der Waals surface area (Å²) in [6.07, 6.45) is 0. The van der Waals surface area contributed by atoms with Gasteiger partial charge >= 0.3 is 0 Å². The van der Waals surface area contributed by atoms with E-state index in [9.17, 15) is 0 Å². The zero-order chi connectivity index (χ0) is 12.3. The fraction of sp³-hybridized carbons (Fsp3) is 0.308. The first kappa shape index (κ1) is 11.9. The van der Waals surface area contributed by atoms with Crippen molar-refractivity contribution in [3.8, 4) is 0 Å². The van der Waals surface area contributed by atoms with Gasteiger partial charge in [-0.25, -0.2) is 4.98 Å². The molecule has 0 aliphatic rings. The zero-order valence-corrected chi connectivity index (χ0v) is 11.0. The van der Waals surface area contributed by atoms with Crippen LogP contribution in [0.2, 0.25) is 0 Å². The van der Waals surface area contributed by atoms with E-state index in [1.807, 2.05) is 25.1 Å². The van der Waals surface area contributed by atoms with E-state index in [1.54, 1.807) is 11.3 Å². The van der Waals surface area contributed by atoms with Gasteiger partial charge < -0.3 is 10.6 Å². The molecule has 1 heterocycles. The topological polar surface area (TPSA) is 42.2 Å². The van der Waals surface area contributed by atoms with E-state index in [1.165, 1.54) is 0 Å². The summed E-state index contributed by atoms with van der Waals surface area (Å²) in [4.78, 5) is 6.73. The average molecular weight is 247 g/mol. The van der Waals surface area contributed by atoms with Crippen molar-refractivity contribution >= 4 is 22.7 Å². The second-order valence-electron chi connectivity index (χ2n) is 3.93. The Balaban J connectivity index is 2.20. The summed E-state index contributed by atoms with van der Waals surface area (Å²) in [5, 5.41) is 3.22. The Kier molecular flexibility index (Phi) is 3.64. The van der Waals surface area contributed by atoms with Gasteiger partial charge in [-0.15, -0.1) is 11.3 Å². The smallest absolute Gasteiger partial charge is 0.0898 e. The van der Waals surface area contributed by atoms with E-state index in [0.717, 1.165) is 35.2 Å². The summed E-state index contributed by atoms with van der Waals surface area (Å²) in [6.45, 7) is 5.90. The second-order valence-corrected chi connectivity index (χ2v) is 4.99. The van der Waals surface area contributed by atoms with Crippen molar-refractivity contribution in [2.24, 2.45) is 0 Å². The third kappa shape index (κ3) is 2.77. The molecule has 1 aromatic heterocycles. The van der Waals surface area contributed by atoms with Crippen LogP contribution in [0.15, 0.2) is 29.6 Å². The third-order valence-electron chi connectivity index (χ3n) is 2.68. The molecular formula is C13H17N3S. The number of nitrogen functional groups attached to an aromatic ring is 1. The number of hydrogen-bond acceptors (Lipinski definition) is 4. The molecule has 0 saturated carbocycles. The van der Waals surface area contributed by atoms with E-state index in [2.05, 4.69) is 28.3 Å². The van der Waals surface area contributed by atoms with Gasteiger partial charge in [0.15, 0.2) is 0 Å². The van der Waals surface area contributed by atoms with Crippen molar-refractivity contribution in [3.63, 3.8) is 0 Å². The molecule has 2 N–H and O–H groups in total. The highest BCUT2D eigenvalue weighted by molar-refractivity contribution is 7.09. The van der Waals surface area contributed by atoms with Crippen molar-refractivity contribution < 1.29 is 0 Å². The lowest BCUT2D eigenvalue weighted by Gasteiger charge is -2.23. The monoisotopic (exact) mass is 247 g/mol. The highest BCUT2D eigenvalue weighted by Crippen LogP contribution is 2.24. The van der Waals surface area contributed by atoms with Crippen LogP contribution in [0.4, 0.5) is 11.4 Å². The van der Waals surface area contributed by atoms with Gasteiger partial charge in [-0.1, -0.05) is 12.1 Å². The maximum atomic E-state index is 6.00. The Bertz CT molecular complexity index is 493. The number of nitrogens with two attached hydrogens (primary N) is 1. The van der Waals surface area contributed by atoms with Gasteiger partial charge in [0.25, 0.3) is 0 Å². The number of aryl methyl sites for hydroxylation is 1. The Morgan fingerprint density at radius 1 is 1.35 bits per heavy atom. The SMILES string of the molecule is CCN(Cc1csc(C)n1)c1ccccc1N. The van der Waals surface area contributed by atoms with Gasteiger partial charge in [-0.05, 0) is 26.0 Å². The molecule has 0 unspecified atom stereocenters. The number of benzene rings is 1. The van der Waals surface area contributed by atoms with Crippen LogP contribution >= 0.6 is 11.3 Å². The molecule has 3 nitrogen and oxygen atoms in total. The molecule has 0 bridgehead atoms. The summed E-state index contributed by atoms with van der Waals surface area (Å²) in [6, 6.07) is 7.96. The maximum Gasteiger partial charge on any atom is 0.0898 e. The van der Waals surface area contributed by atoms with Crippen molar-refractivity contribution in [1.29, 1.82) is 0 Å². The molecule has 0 amide bonds. The number of para-hydroxylation sites is 2. The number of aromatic nitrogens is 1. The summed E-state index contributed by atoms with van der Waals surface area (Å²) < 4.78 is 0. The van der Waals surface area contributed by atoms with Crippen LogP contribution in [-0.4, -0.2) is 11.5 Å². The van der Waals surface area contributed by atoms with E-state index in [0.29, 0.717) is 0 Å². The van der Waals surface area contributed by atoms with Crippen LogP contribution in [0.1, 0.15) is 17.6 Å². The summed E-state index contributed by atoms with van der Waals surface area (Å²) in [5.41, 5.74) is 9.01. The molecule has 90 valence electrons. The van der Waals surface area contributed by atoms with E-state index in [4.69, 9.17) is 5.73 Å². The lowest BCUT2D eigenvalue weighted by molar-refractivity contribution is 0.814. The van der Waals surface area contributed by atoms with Gasteiger partial charge in [0.2, 0.25) is 0 Å². The number of thiazole rings is 1. The lowest BCUT2D eigenvalue weighted by Crippen LogP contribution is -2.23. The molecule has 4 heteroatoms. The zero-order valence-electron chi connectivity index (χ0n) is 10.2. The van der Waals surface area contributed by atoms with Crippen LogP contribution in [0.25, 0.3) is 0 Å². The van der Waals surface area contributed by atoms with Gasteiger partial charge in [0.05, 0.1) is 28.6 Å². The molecule has 2 rings (SSSR count). The number of rotatable bonds is 4. The highest BCUT2D eigenvalue weighted by atomic mass is 32.1. The first-order valence-corrected chi connectivity index (χ1v) is 6.59. The standard InChI is InChI=1S/C13H17N3S/c1-3-16(8-11-9-17-10(2)15-11)13-7-5-4-6-12(13)14/h4-7,9H,3,8,14H2,1-2H3. The molecule has 0 aliphatic heterocycles. The van der Waals surface area contributed by atoms with Crippen LogP contribution < -0.4 is 10.6 Å². The third-order valence-corrected chi connectivity index (χ3v) is 3.50. The van der Waals surface area contributed by atoms with Crippen molar-refractivity contribution in [2.45, 2.75) is 20.4 Å². The molecule has 0 atom stereocenters. The molecule has 0 fully saturated rings. The highest BCUT2D eigenvalue weighted by Gasteiger charge is 2.09. The first-order valence-electron chi connectivity index (χ1n) is 5.71. The summed E-state index contributed by atoms with van der Waals surface area (Å²) in [5.74, 6) is 0. The number of anilines is 2. The van der Waals surface area contributed by atoms with Crippen LogP contribution in [-0.2, 0) is 6.54 Å². The number of nitrogens with zero attached hydrogens (tertiary/aromatic N) is 2. The Morgan fingerprint density at radius 3 is 2.71 bits per heavy atom.